The molecular formula is C18H22N2O4S. The Morgan fingerprint density at radius 1 is 1.08 bits per heavy atom. The first-order valence-electron chi connectivity index (χ1n) is 7.77. The second-order valence-electron chi connectivity index (χ2n) is 5.88. The highest BCUT2D eigenvalue weighted by Crippen LogP contribution is 2.26. The van der Waals surface area contributed by atoms with Gasteiger partial charge in [-0.1, -0.05) is 36.8 Å². The molecule has 1 amide bonds. The summed E-state index contributed by atoms with van der Waals surface area (Å²) >= 11 is 0. The Bertz CT molecular complexity index is 830. The van der Waals surface area contributed by atoms with Crippen molar-refractivity contribution in [3.63, 3.8) is 0 Å². The summed E-state index contributed by atoms with van der Waals surface area (Å²) in [4.78, 5) is 11.8. The van der Waals surface area contributed by atoms with Gasteiger partial charge in [0.25, 0.3) is 0 Å². The zero-order valence-electron chi connectivity index (χ0n) is 14.4. The van der Waals surface area contributed by atoms with Crippen LogP contribution in [0.2, 0.25) is 0 Å². The predicted molar refractivity (Wildman–Crippen MR) is 95.6 cm³/mol. The van der Waals surface area contributed by atoms with Gasteiger partial charge in [-0.25, -0.2) is 13.1 Å². The van der Waals surface area contributed by atoms with Gasteiger partial charge in [-0.3, -0.25) is 4.79 Å². The van der Waals surface area contributed by atoms with Crippen molar-refractivity contribution in [1.29, 1.82) is 0 Å². The fraction of sp³-hybridized carbons (Fsp3) is 0.278. The molecule has 0 fully saturated rings. The van der Waals surface area contributed by atoms with Gasteiger partial charge in [0, 0.05) is 0 Å². The van der Waals surface area contributed by atoms with Crippen molar-refractivity contribution in [2.75, 3.05) is 7.11 Å². The van der Waals surface area contributed by atoms with Gasteiger partial charge in [-0.05, 0) is 36.8 Å². The zero-order valence-corrected chi connectivity index (χ0v) is 15.2. The lowest BCUT2D eigenvalue weighted by molar-refractivity contribution is -0.122. The van der Waals surface area contributed by atoms with Crippen LogP contribution in [0.15, 0.2) is 53.4 Å². The predicted octanol–water partition coefficient (Wildman–Crippen LogP) is 2.14. The van der Waals surface area contributed by atoms with Crippen LogP contribution in [0.25, 0.3) is 0 Å². The quantitative estimate of drug-likeness (QED) is 0.788. The first kappa shape index (κ1) is 19.0. The van der Waals surface area contributed by atoms with Crippen LogP contribution in [0.1, 0.15) is 24.1 Å². The standard InChI is InChI=1S/C18H22N2O4S/c1-12-4-10-16(11-5-12)25(22,23)20-17(13(2)18(19)21)14-6-8-15(24-3)9-7-14/h4-11,13,17,20H,1-3H3,(H2,19,21)/t13-,17+/m1/s1. The van der Waals surface area contributed by atoms with E-state index >= 15 is 0 Å². The van der Waals surface area contributed by atoms with Crippen LogP contribution in [0.5, 0.6) is 5.75 Å². The Balaban J connectivity index is 2.38. The molecule has 134 valence electrons. The molecule has 0 saturated heterocycles. The Morgan fingerprint density at radius 3 is 2.12 bits per heavy atom. The van der Waals surface area contributed by atoms with Crippen LogP contribution in [-0.2, 0) is 14.8 Å². The minimum Gasteiger partial charge on any atom is -0.497 e. The lowest BCUT2D eigenvalue weighted by atomic mass is 9.95. The molecule has 0 aliphatic rings. The maximum absolute atomic E-state index is 12.7. The summed E-state index contributed by atoms with van der Waals surface area (Å²) in [6.07, 6.45) is 0. The number of nitrogens with one attached hydrogen (secondary N) is 1. The van der Waals surface area contributed by atoms with E-state index in [1.807, 2.05) is 6.92 Å². The average Bonchev–Trinajstić information content (AvgIpc) is 2.59. The average molecular weight is 362 g/mol. The normalized spacial score (nSPS) is 13.9. The van der Waals surface area contributed by atoms with Gasteiger partial charge in [0.1, 0.15) is 5.75 Å². The van der Waals surface area contributed by atoms with Gasteiger partial charge in [0.2, 0.25) is 15.9 Å². The number of primary amides is 1. The molecule has 0 spiro atoms. The van der Waals surface area contributed by atoms with Crippen molar-refractivity contribution in [3.05, 3.63) is 59.7 Å². The molecule has 0 radical (unpaired) electrons. The first-order chi connectivity index (χ1) is 11.7. The van der Waals surface area contributed by atoms with E-state index in [-0.39, 0.29) is 4.90 Å². The number of sulfonamides is 1. The van der Waals surface area contributed by atoms with Crippen molar-refractivity contribution in [1.82, 2.24) is 4.72 Å². The molecule has 2 aromatic carbocycles. The van der Waals surface area contributed by atoms with Crippen molar-refractivity contribution in [2.24, 2.45) is 11.7 Å². The van der Waals surface area contributed by atoms with Crippen molar-refractivity contribution in [2.45, 2.75) is 24.8 Å². The lowest BCUT2D eigenvalue weighted by Crippen LogP contribution is -2.38. The number of ether oxygens (including phenoxy) is 1. The Hall–Kier alpha value is -2.38. The molecule has 0 bridgehead atoms. The molecule has 3 N–H and O–H groups in total. The van der Waals surface area contributed by atoms with Crippen molar-refractivity contribution in [3.8, 4) is 5.75 Å². The van der Waals surface area contributed by atoms with Crippen LogP contribution in [0, 0.1) is 12.8 Å². The molecule has 2 rings (SSSR count). The van der Waals surface area contributed by atoms with E-state index < -0.39 is 27.9 Å². The third kappa shape index (κ3) is 4.58. The number of nitrogens with two attached hydrogens (primary N) is 1. The van der Waals surface area contributed by atoms with Crippen LogP contribution in [0.3, 0.4) is 0 Å². The van der Waals surface area contributed by atoms with Gasteiger partial charge in [0.05, 0.1) is 24.0 Å². The molecule has 25 heavy (non-hydrogen) atoms. The Morgan fingerprint density at radius 2 is 1.64 bits per heavy atom. The van der Waals surface area contributed by atoms with E-state index in [0.29, 0.717) is 11.3 Å². The minimum absolute atomic E-state index is 0.133. The SMILES string of the molecule is COc1ccc([C@@H](NS(=O)(=O)c2ccc(C)cc2)[C@@H](C)C(N)=O)cc1. The number of benzene rings is 2. The molecule has 2 atom stereocenters. The van der Waals surface area contributed by atoms with E-state index in [2.05, 4.69) is 4.72 Å². The lowest BCUT2D eigenvalue weighted by Gasteiger charge is -2.23. The number of aryl methyl sites for hydroxylation is 1. The highest BCUT2D eigenvalue weighted by molar-refractivity contribution is 7.89. The van der Waals surface area contributed by atoms with E-state index in [0.717, 1.165) is 5.56 Å². The second-order valence-corrected chi connectivity index (χ2v) is 7.59. The fourth-order valence-electron chi connectivity index (χ4n) is 2.39. The van der Waals surface area contributed by atoms with Crippen molar-refractivity contribution >= 4 is 15.9 Å². The smallest absolute Gasteiger partial charge is 0.241 e. The van der Waals surface area contributed by atoms with E-state index in [1.54, 1.807) is 50.4 Å². The van der Waals surface area contributed by atoms with Crippen LogP contribution >= 0.6 is 0 Å². The van der Waals surface area contributed by atoms with Gasteiger partial charge in [-0.2, -0.15) is 0 Å². The summed E-state index contributed by atoms with van der Waals surface area (Å²) < 4.78 is 33.1. The fourth-order valence-corrected chi connectivity index (χ4v) is 3.69. The topological polar surface area (TPSA) is 98.5 Å². The maximum atomic E-state index is 12.7. The molecule has 0 unspecified atom stereocenters. The highest BCUT2D eigenvalue weighted by Gasteiger charge is 2.29. The zero-order chi connectivity index (χ0) is 18.6. The molecule has 0 aromatic heterocycles. The molecule has 7 heteroatoms. The van der Waals surface area contributed by atoms with Crippen LogP contribution < -0.4 is 15.2 Å². The summed E-state index contributed by atoms with van der Waals surface area (Å²) in [5, 5.41) is 0. The molecule has 6 nitrogen and oxygen atoms in total. The van der Waals surface area contributed by atoms with E-state index in [9.17, 15) is 13.2 Å². The molecule has 0 aliphatic carbocycles. The number of methoxy groups -OCH3 is 1. The van der Waals surface area contributed by atoms with Crippen molar-refractivity contribution < 1.29 is 17.9 Å². The van der Waals surface area contributed by atoms with Gasteiger partial charge in [-0.15, -0.1) is 0 Å². The highest BCUT2D eigenvalue weighted by atomic mass is 32.2. The molecule has 0 saturated carbocycles. The number of rotatable bonds is 7. The van der Waals surface area contributed by atoms with Gasteiger partial charge in [0.15, 0.2) is 0 Å². The molecular weight excluding hydrogens is 340 g/mol. The summed E-state index contributed by atoms with van der Waals surface area (Å²) in [5.41, 5.74) is 6.99. The number of carbonyl (C=O) groups excluding carboxylic acids is 1. The Labute approximate surface area is 148 Å². The van der Waals surface area contributed by atoms with E-state index in [4.69, 9.17) is 10.5 Å². The largest absolute Gasteiger partial charge is 0.497 e. The third-order valence-corrected chi connectivity index (χ3v) is 5.49. The van der Waals surface area contributed by atoms with Gasteiger partial charge < -0.3 is 10.5 Å². The third-order valence-electron chi connectivity index (χ3n) is 4.04. The number of hydrogen-bond acceptors (Lipinski definition) is 4. The number of amides is 1. The molecule has 2 aromatic rings. The second kappa shape index (κ2) is 7.67. The summed E-state index contributed by atoms with van der Waals surface area (Å²) in [7, 11) is -2.27. The van der Waals surface area contributed by atoms with Crippen LogP contribution in [-0.4, -0.2) is 21.4 Å². The van der Waals surface area contributed by atoms with Gasteiger partial charge >= 0.3 is 0 Å². The first-order valence-corrected chi connectivity index (χ1v) is 9.25. The van der Waals surface area contributed by atoms with Crippen LogP contribution in [0.4, 0.5) is 0 Å². The minimum atomic E-state index is -3.81. The summed E-state index contributed by atoms with van der Waals surface area (Å²) in [6.45, 7) is 3.47. The Kier molecular flexibility index (Phi) is 5.81. The molecule has 0 heterocycles. The van der Waals surface area contributed by atoms with E-state index in [1.165, 1.54) is 12.1 Å². The summed E-state index contributed by atoms with van der Waals surface area (Å²) in [6, 6.07) is 12.5. The number of carbonyl (C=O) groups is 1. The number of hydrogen-bond donors (Lipinski definition) is 2. The summed E-state index contributed by atoms with van der Waals surface area (Å²) in [5.74, 6) is -0.684. The monoisotopic (exact) mass is 362 g/mol. The maximum Gasteiger partial charge on any atom is 0.241 e. The molecule has 0 aliphatic heterocycles.